The fraction of sp³-hybridized carbons (Fsp3) is 0.292. The number of hydrogen-bond donors (Lipinski definition) is 1. The summed E-state index contributed by atoms with van der Waals surface area (Å²) in [5.74, 6) is 0.303. The van der Waals surface area contributed by atoms with E-state index in [0.717, 1.165) is 11.1 Å². The Labute approximate surface area is 185 Å². The Morgan fingerprint density at radius 3 is 2.29 bits per heavy atom. The Balaban J connectivity index is 2.30. The van der Waals surface area contributed by atoms with Crippen LogP contribution in [0.1, 0.15) is 37.5 Å². The zero-order chi connectivity index (χ0) is 20.5. The van der Waals surface area contributed by atoms with Crippen LogP contribution in [0.2, 0.25) is 0 Å². The second-order valence-electron chi connectivity index (χ2n) is 8.60. The molecule has 0 bridgehead atoms. The molecule has 0 aromatic heterocycles. The third-order valence-electron chi connectivity index (χ3n) is 4.62. The first-order valence-electron chi connectivity index (χ1n) is 9.60. The van der Waals surface area contributed by atoms with Gasteiger partial charge in [0.1, 0.15) is 0 Å². The first kappa shape index (κ1) is 21.5. The van der Waals surface area contributed by atoms with Crippen molar-refractivity contribution in [1.82, 2.24) is 0 Å². The molecule has 3 aromatic rings. The molecule has 0 saturated carbocycles. The number of nitrogens with one attached hydrogen (secondary N) is 1. The Hall–Kier alpha value is -1.22. The van der Waals surface area contributed by atoms with Gasteiger partial charge in [0.15, 0.2) is 0 Å². The van der Waals surface area contributed by atoms with Crippen molar-refractivity contribution in [3.05, 3.63) is 65.2 Å². The average molecular weight is 479 g/mol. The van der Waals surface area contributed by atoms with Crippen LogP contribution in [-0.4, -0.2) is 45.1 Å². The SMILES string of the molecule is [Li][Te]c1cc2ccccc2c(-c2cc(C)cc(C)c2)c1C(=N)OCC(C)(C)C. The van der Waals surface area contributed by atoms with Gasteiger partial charge in [0.2, 0.25) is 0 Å². The van der Waals surface area contributed by atoms with Crippen LogP contribution in [0.15, 0.2) is 48.5 Å². The van der Waals surface area contributed by atoms with Gasteiger partial charge in [-0.2, -0.15) is 0 Å². The van der Waals surface area contributed by atoms with Gasteiger partial charge in [0.05, 0.1) is 0 Å². The topological polar surface area (TPSA) is 33.1 Å². The van der Waals surface area contributed by atoms with E-state index in [1.807, 2.05) is 0 Å². The average Bonchev–Trinajstić information content (AvgIpc) is 2.63. The number of hydrogen-bond acceptors (Lipinski definition) is 2. The first-order valence-corrected chi connectivity index (χ1v) is 13.1. The predicted molar refractivity (Wildman–Crippen MR) is 122 cm³/mol. The fourth-order valence-electron chi connectivity index (χ4n) is 3.49. The van der Waals surface area contributed by atoms with Gasteiger partial charge in [0, 0.05) is 0 Å². The zero-order valence-electron chi connectivity index (χ0n) is 17.6. The van der Waals surface area contributed by atoms with Gasteiger partial charge in [-0.25, -0.2) is 0 Å². The number of ether oxygens (including phenoxy) is 1. The second kappa shape index (κ2) is 8.65. The summed E-state index contributed by atoms with van der Waals surface area (Å²) in [6.45, 7) is 11.2. The van der Waals surface area contributed by atoms with Gasteiger partial charge >= 0.3 is 186 Å². The van der Waals surface area contributed by atoms with Crippen LogP contribution in [0, 0.1) is 24.7 Å². The molecular weight excluding hydrogens is 453 g/mol. The van der Waals surface area contributed by atoms with Gasteiger partial charge in [-0.1, -0.05) is 0 Å². The van der Waals surface area contributed by atoms with Crippen LogP contribution in [0.4, 0.5) is 0 Å². The number of fused-ring (bicyclic) bond motifs is 1. The van der Waals surface area contributed by atoms with Crippen LogP contribution < -0.4 is 3.61 Å². The summed E-state index contributed by atoms with van der Waals surface area (Å²) in [5, 5.41) is 11.3. The molecule has 2 nitrogen and oxygen atoms in total. The van der Waals surface area contributed by atoms with Crippen LogP contribution in [0.5, 0.6) is 0 Å². The molecule has 0 fully saturated rings. The standard InChI is InChI=1S/C24H27NOTe.Li/c1-15-10-16(2)12-18(11-15)21-19-9-7-6-8-17(19)13-20(27)22(21)23(25)26-14-24(3,4)5;/h6-13,25,27H,14H2,1-5H3;/q;+1/p-1. The molecule has 1 N–H and O–H groups in total. The van der Waals surface area contributed by atoms with Crippen molar-refractivity contribution in [3.8, 4) is 11.1 Å². The summed E-state index contributed by atoms with van der Waals surface area (Å²) < 4.78 is 7.30. The van der Waals surface area contributed by atoms with Crippen LogP contribution in [-0.2, 0) is 4.74 Å². The molecule has 4 heteroatoms. The maximum atomic E-state index is 8.83. The van der Waals surface area contributed by atoms with Crippen molar-refractivity contribution in [1.29, 1.82) is 5.41 Å². The third kappa shape index (κ3) is 4.84. The number of aryl methyl sites for hydroxylation is 2. The summed E-state index contributed by atoms with van der Waals surface area (Å²) in [6.07, 6.45) is 0. The van der Waals surface area contributed by atoms with E-state index in [0.29, 0.717) is 12.5 Å². The van der Waals surface area contributed by atoms with Crippen molar-refractivity contribution in [3.63, 3.8) is 0 Å². The Morgan fingerprint density at radius 2 is 1.68 bits per heavy atom. The van der Waals surface area contributed by atoms with Crippen molar-refractivity contribution in [2.45, 2.75) is 34.6 Å². The van der Waals surface area contributed by atoms with Crippen LogP contribution in [0.3, 0.4) is 0 Å². The molecule has 0 radical (unpaired) electrons. The van der Waals surface area contributed by atoms with E-state index in [2.05, 4.69) is 97.5 Å². The van der Waals surface area contributed by atoms with E-state index in [1.165, 1.54) is 31.1 Å². The van der Waals surface area contributed by atoms with E-state index < -0.39 is 18.3 Å². The van der Waals surface area contributed by atoms with Crippen molar-refractivity contribution in [2.75, 3.05) is 6.61 Å². The molecule has 0 atom stereocenters. The fourth-order valence-corrected chi connectivity index (χ4v) is 5.33. The molecule has 0 aliphatic carbocycles. The van der Waals surface area contributed by atoms with Gasteiger partial charge < -0.3 is 0 Å². The molecule has 0 heterocycles. The summed E-state index contributed by atoms with van der Waals surface area (Å²) in [7, 11) is 0. The predicted octanol–water partition coefficient (Wildman–Crippen LogP) is 4.92. The number of benzene rings is 3. The Bertz CT molecular complexity index is 1020. The molecule has 0 aliphatic heterocycles. The van der Waals surface area contributed by atoms with Gasteiger partial charge in [0.25, 0.3) is 0 Å². The molecule has 0 unspecified atom stereocenters. The minimum absolute atomic E-state index is 0.0201. The molecule has 3 aromatic carbocycles. The van der Waals surface area contributed by atoms with E-state index in [9.17, 15) is 0 Å². The Kier molecular flexibility index (Phi) is 6.64. The monoisotopic (exact) mass is 481 g/mol. The molecule has 0 saturated heterocycles. The number of rotatable bonds is 4. The third-order valence-corrected chi connectivity index (χ3v) is 6.79. The van der Waals surface area contributed by atoms with Crippen molar-refractivity contribution in [2.24, 2.45) is 5.41 Å². The molecule has 3 rings (SSSR count). The Morgan fingerprint density at radius 1 is 1.04 bits per heavy atom. The molecule has 140 valence electrons. The van der Waals surface area contributed by atoms with Gasteiger partial charge in [-0.05, 0) is 0 Å². The summed E-state index contributed by atoms with van der Waals surface area (Å²) in [5.41, 5.74) is 5.81. The van der Waals surface area contributed by atoms with E-state index in [1.54, 1.807) is 0 Å². The van der Waals surface area contributed by atoms with E-state index in [-0.39, 0.29) is 5.41 Å². The van der Waals surface area contributed by atoms with Gasteiger partial charge in [-0.15, -0.1) is 0 Å². The first-order chi connectivity index (χ1) is 13.2. The summed E-state index contributed by atoms with van der Waals surface area (Å²) in [4.78, 5) is 0. The second-order valence-corrected chi connectivity index (χ2v) is 11.0. The molecule has 0 spiro atoms. The normalized spacial score (nSPS) is 11.7. The van der Waals surface area contributed by atoms with E-state index >= 15 is 0 Å². The molecule has 0 amide bonds. The van der Waals surface area contributed by atoms with Crippen molar-refractivity contribution < 1.29 is 4.74 Å². The zero-order valence-corrected chi connectivity index (χ0v) is 20.0. The molecule has 0 aliphatic rings. The molecular formula is C24H26LiNOTe. The summed E-state index contributed by atoms with van der Waals surface area (Å²) in [6, 6.07) is 17.5. The quantitative estimate of drug-likeness (QED) is 0.322. The maximum absolute atomic E-state index is 8.83. The van der Waals surface area contributed by atoms with Gasteiger partial charge in [-0.3, -0.25) is 0 Å². The molecule has 28 heavy (non-hydrogen) atoms. The van der Waals surface area contributed by atoms with Crippen LogP contribution >= 0.6 is 0 Å². The van der Waals surface area contributed by atoms with Crippen LogP contribution in [0.25, 0.3) is 21.9 Å². The minimum atomic E-state index is -0.400. The summed E-state index contributed by atoms with van der Waals surface area (Å²) >= 11 is 1.88. The van der Waals surface area contributed by atoms with Crippen molar-refractivity contribution >= 4 is 52.9 Å². The van der Waals surface area contributed by atoms with E-state index in [4.69, 9.17) is 10.1 Å².